The fraction of sp³-hybridized carbons (Fsp3) is 0.118. The van der Waals surface area contributed by atoms with Gasteiger partial charge in [-0.15, -0.1) is 0 Å². The van der Waals surface area contributed by atoms with Gasteiger partial charge in [-0.2, -0.15) is 5.10 Å². The van der Waals surface area contributed by atoms with E-state index in [2.05, 4.69) is 15.4 Å². The monoisotopic (exact) mass is 328 g/mol. The molecule has 24 heavy (non-hydrogen) atoms. The number of rotatable bonds is 4. The molecular formula is C17H14F2N4O. The van der Waals surface area contributed by atoms with E-state index in [-0.39, 0.29) is 11.6 Å². The van der Waals surface area contributed by atoms with Gasteiger partial charge in [0.05, 0.1) is 11.7 Å². The lowest BCUT2D eigenvalue weighted by atomic mass is 10.1. The summed E-state index contributed by atoms with van der Waals surface area (Å²) in [6.45, 7) is 1.79. The molecule has 0 saturated heterocycles. The van der Waals surface area contributed by atoms with Gasteiger partial charge in [0.15, 0.2) is 0 Å². The van der Waals surface area contributed by atoms with Gasteiger partial charge in [-0.3, -0.25) is 4.79 Å². The van der Waals surface area contributed by atoms with Gasteiger partial charge in [0, 0.05) is 11.6 Å². The van der Waals surface area contributed by atoms with Crippen molar-refractivity contribution in [2.24, 2.45) is 0 Å². The Morgan fingerprint density at radius 1 is 1.12 bits per heavy atom. The molecule has 1 aromatic heterocycles. The topological polar surface area (TPSA) is 59.8 Å². The van der Waals surface area contributed by atoms with Crippen LogP contribution < -0.4 is 5.32 Å². The summed E-state index contributed by atoms with van der Waals surface area (Å²) >= 11 is 0. The highest BCUT2D eigenvalue weighted by Crippen LogP contribution is 2.16. The summed E-state index contributed by atoms with van der Waals surface area (Å²) in [5.41, 5.74) is 1.63. The predicted octanol–water partition coefficient (Wildman–Crippen LogP) is 3.04. The second-order valence-electron chi connectivity index (χ2n) is 5.28. The molecule has 1 heterocycles. The van der Waals surface area contributed by atoms with Crippen LogP contribution in [0.5, 0.6) is 0 Å². The first-order valence-electron chi connectivity index (χ1n) is 7.25. The summed E-state index contributed by atoms with van der Waals surface area (Å²) < 4.78 is 28.0. The van der Waals surface area contributed by atoms with E-state index in [0.717, 1.165) is 29.4 Å². The van der Waals surface area contributed by atoms with E-state index < -0.39 is 17.5 Å². The van der Waals surface area contributed by atoms with Crippen molar-refractivity contribution in [1.82, 2.24) is 20.1 Å². The number of hydrogen-bond donors (Lipinski definition) is 1. The summed E-state index contributed by atoms with van der Waals surface area (Å²) in [5, 5.41) is 6.74. The molecule has 1 amide bonds. The average Bonchev–Trinajstić information content (AvgIpc) is 3.08. The van der Waals surface area contributed by atoms with E-state index in [9.17, 15) is 13.6 Å². The van der Waals surface area contributed by atoms with E-state index in [4.69, 9.17) is 0 Å². The Labute approximate surface area is 137 Å². The maximum atomic E-state index is 13.2. The Balaban J connectivity index is 1.72. The number of aromatic nitrogens is 3. The lowest BCUT2D eigenvalue weighted by molar-refractivity contribution is 0.0939. The fourth-order valence-corrected chi connectivity index (χ4v) is 2.31. The quantitative estimate of drug-likeness (QED) is 0.801. The van der Waals surface area contributed by atoms with Crippen LogP contribution in [0.15, 0.2) is 55.1 Å². The lowest BCUT2D eigenvalue weighted by Crippen LogP contribution is -2.26. The van der Waals surface area contributed by atoms with Gasteiger partial charge in [0.1, 0.15) is 24.3 Å². The SMILES string of the molecule is CC(NC(=O)c1cc(F)cc(F)c1)c1ccc(-n2cncn2)cc1. The number of hydrogen-bond acceptors (Lipinski definition) is 3. The van der Waals surface area contributed by atoms with Crippen molar-refractivity contribution in [3.05, 3.63) is 77.9 Å². The van der Waals surface area contributed by atoms with Crippen molar-refractivity contribution >= 4 is 5.91 Å². The molecule has 0 aliphatic carbocycles. The highest BCUT2D eigenvalue weighted by molar-refractivity contribution is 5.94. The second-order valence-corrected chi connectivity index (χ2v) is 5.28. The van der Waals surface area contributed by atoms with Gasteiger partial charge in [-0.1, -0.05) is 12.1 Å². The van der Waals surface area contributed by atoms with Crippen molar-refractivity contribution in [3.63, 3.8) is 0 Å². The number of nitrogens with one attached hydrogen (secondary N) is 1. The Bertz CT molecular complexity index is 827. The first kappa shape index (κ1) is 15.8. The van der Waals surface area contributed by atoms with Crippen LogP contribution in [-0.4, -0.2) is 20.7 Å². The van der Waals surface area contributed by atoms with Gasteiger partial charge >= 0.3 is 0 Å². The fourth-order valence-electron chi connectivity index (χ4n) is 2.31. The number of carbonyl (C=O) groups is 1. The molecule has 5 nitrogen and oxygen atoms in total. The molecule has 1 N–H and O–H groups in total. The molecule has 3 rings (SSSR count). The number of carbonyl (C=O) groups excluding carboxylic acids is 1. The zero-order chi connectivity index (χ0) is 17.1. The molecule has 1 atom stereocenters. The summed E-state index contributed by atoms with van der Waals surface area (Å²) in [7, 11) is 0. The zero-order valence-electron chi connectivity index (χ0n) is 12.8. The van der Waals surface area contributed by atoms with Gasteiger partial charge in [-0.25, -0.2) is 18.4 Å². The van der Waals surface area contributed by atoms with E-state index >= 15 is 0 Å². The Morgan fingerprint density at radius 3 is 2.38 bits per heavy atom. The maximum absolute atomic E-state index is 13.2. The third-order valence-corrected chi connectivity index (χ3v) is 3.55. The highest BCUT2D eigenvalue weighted by atomic mass is 19.1. The molecule has 0 fully saturated rings. The Hall–Kier alpha value is -3.09. The molecular weight excluding hydrogens is 314 g/mol. The third-order valence-electron chi connectivity index (χ3n) is 3.55. The van der Waals surface area contributed by atoms with E-state index in [1.807, 2.05) is 24.3 Å². The zero-order valence-corrected chi connectivity index (χ0v) is 12.8. The van der Waals surface area contributed by atoms with Crippen molar-refractivity contribution in [1.29, 1.82) is 0 Å². The van der Waals surface area contributed by atoms with Crippen LogP contribution in [0.4, 0.5) is 8.78 Å². The number of amides is 1. The van der Waals surface area contributed by atoms with E-state index in [1.54, 1.807) is 17.9 Å². The number of benzene rings is 2. The van der Waals surface area contributed by atoms with Crippen molar-refractivity contribution < 1.29 is 13.6 Å². The minimum atomic E-state index is -0.787. The third kappa shape index (κ3) is 3.45. The van der Waals surface area contributed by atoms with Crippen molar-refractivity contribution in [2.75, 3.05) is 0 Å². The Morgan fingerprint density at radius 2 is 1.79 bits per heavy atom. The standard InChI is InChI=1S/C17H14F2N4O/c1-11(22-17(24)13-6-14(18)8-15(19)7-13)12-2-4-16(5-3-12)23-10-20-9-21-23/h2-11H,1H3,(H,22,24). The largest absolute Gasteiger partial charge is 0.346 e. The van der Waals surface area contributed by atoms with Gasteiger partial charge in [0.25, 0.3) is 5.91 Å². The minimum Gasteiger partial charge on any atom is -0.346 e. The van der Waals surface area contributed by atoms with Gasteiger partial charge in [0.2, 0.25) is 0 Å². The summed E-state index contributed by atoms with van der Waals surface area (Å²) in [6, 6.07) is 9.76. The smallest absolute Gasteiger partial charge is 0.251 e. The molecule has 0 saturated carbocycles. The average molecular weight is 328 g/mol. The second kappa shape index (κ2) is 6.57. The van der Waals surface area contributed by atoms with Crippen LogP contribution in [-0.2, 0) is 0 Å². The minimum absolute atomic E-state index is 0.0569. The summed E-state index contributed by atoms with van der Waals surface area (Å²) in [5.74, 6) is -2.11. The number of nitrogens with zero attached hydrogens (tertiary/aromatic N) is 3. The molecule has 0 radical (unpaired) electrons. The van der Waals surface area contributed by atoms with E-state index in [0.29, 0.717) is 0 Å². The molecule has 0 aliphatic rings. The predicted molar refractivity (Wildman–Crippen MR) is 83.6 cm³/mol. The highest BCUT2D eigenvalue weighted by Gasteiger charge is 2.13. The molecule has 3 aromatic rings. The van der Waals surface area contributed by atoms with Crippen LogP contribution in [0, 0.1) is 11.6 Å². The molecule has 0 bridgehead atoms. The molecule has 1 unspecified atom stereocenters. The molecule has 2 aromatic carbocycles. The molecule has 0 spiro atoms. The van der Waals surface area contributed by atoms with Crippen LogP contribution in [0.3, 0.4) is 0 Å². The Kier molecular flexibility index (Phi) is 4.33. The number of halogens is 2. The summed E-state index contributed by atoms with van der Waals surface area (Å²) in [4.78, 5) is 16.0. The molecule has 7 heteroatoms. The van der Waals surface area contributed by atoms with E-state index in [1.165, 1.54) is 6.33 Å². The van der Waals surface area contributed by atoms with Crippen molar-refractivity contribution in [3.8, 4) is 5.69 Å². The van der Waals surface area contributed by atoms with Crippen LogP contribution >= 0.6 is 0 Å². The summed E-state index contributed by atoms with van der Waals surface area (Å²) in [6.07, 6.45) is 3.02. The first-order valence-corrected chi connectivity index (χ1v) is 7.25. The van der Waals surface area contributed by atoms with Crippen LogP contribution in [0.25, 0.3) is 5.69 Å². The molecule has 122 valence electrons. The lowest BCUT2D eigenvalue weighted by Gasteiger charge is -2.15. The first-order chi connectivity index (χ1) is 11.5. The van der Waals surface area contributed by atoms with Gasteiger partial charge < -0.3 is 5.32 Å². The van der Waals surface area contributed by atoms with Gasteiger partial charge in [-0.05, 0) is 36.8 Å². The van der Waals surface area contributed by atoms with Crippen LogP contribution in [0.2, 0.25) is 0 Å². The van der Waals surface area contributed by atoms with Crippen molar-refractivity contribution in [2.45, 2.75) is 13.0 Å². The van der Waals surface area contributed by atoms with Crippen LogP contribution in [0.1, 0.15) is 28.9 Å². The normalized spacial score (nSPS) is 12.0. The maximum Gasteiger partial charge on any atom is 0.251 e. The molecule has 0 aliphatic heterocycles.